The molecule has 1 atom stereocenters. The molecule has 0 bridgehead atoms. The summed E-state index contributed by atoms with van der Waals surface area (Å²) in [5.74, 6) is 1.32. The first kappa shape index (κ1) is 24.2. The van der Waals surface area contributed by atoms with Gasteiger partial charge in [-0.05, 0) is 47.9 Å². The van der Waals surface area contributed by atoms with E-state index >= 15 is 0 Å². The summed E-state index contributed by atoms with van der Waals surface area (Å²) in [6, 6.07) is 15.2. The largest absolute Gasteiger partial charge is 0.494 e. The van der Waals surface area contributed by atoms with Crippen LogP contribution in [0.25, 0.3) is 0 Å². The van der Waals surface area contributed by atoms with Crippen LogP contribution >= 0.6 is 15.9 Å². The zero-order valence-corrected chi connectivity index (χ0v) is 20.0. The van der Waals surface area contributed by atoms with Gasteiger partial charge in [-0.15, -0.1) is 0 Å². The molecule has 3 rings (SSSR count). The number of rotatable bonds is 11. The van der Waals surface area contributed by atoms with Gasteiger partial charge in [-0.1, -0.05) is 41.9 Å². The highest BCUT2D eigenvalue weighted by Gasteiger charge is 2.44. The molecule has 3 N–H and O–H groups in total. The highest BCUT2D eigenvalue weighted by atomic mass is 79.9. The van der Waals surface area contributed by atoms with E-state index in [1.54, 1.807) is 0 Å². The maximum atomic E-state index is 13.2. The van der Waals surface area contributed by atoms with Crippen molar-refractivity contribution in [1.82, 2.24) is 10.9 Å². The first-order valence-corrected chi connectivity index (χ1v) is 11.6. The number of hydrogen-bond acceptors (Lipinski definition) is 6. The lowest BCUT2D eigenvalue weighted by atomic mass is 9.91. The second kappa shape index (κ2) is 11.4. The molecular weight excluding hydrogens is 474 g/mol. The first-order chi connectivity index (χ1) is 15.4. The van der Waals surface area contributed by atoms with Gasteiger partial charge in [0.2, 0.25) is 5.90 Å². The minimum atomic E-state index is -1.07. The lowest BCUT2D eigenvalue weighted by molar-refractivity contribution is -0.127. The van der Waals surface area contributed by atoms with Crippen LogP contribution in [0.2, 0.25) is 0 Å². The molecular formula is C24H30BrN3O4. The number of hydrazine groups is 1. The third-order valence-electron chi connectivity index (χ3n) is 4.98. The van der Waals surface area contributed by atoms with Gasteiger partial charge >= 0.3 is 0 Å². The van der Waals surface area contributed by atoms with Gasteiger partial charge in [0.1, 0.15) is 12.4 Å². The molecule has 2 aromatic carbocycles. The average Bonchev–Trinajstić information content (AvgIpc) is 3.21. The molecule has 0 aliphatic carbocycles. The minimum Gasteiger partial charge on any atom is -0.494 e. The van der Waals surface area contributed by atoms with Gasteiger partial charge in [0.25, 0.3) is 5.91 Å². The lowest BCUT2D eigenvalue weighted by Crippen LogP contribution is -2.53. The number of ether oxygens (including phenoxy) is 2. The zero-order valence-electron chi connectivity index (χ0n) is 18.4. The Balaban J connectivity index is 1.80. The van der Waals surface area contributed by atoms with Gasteiger partial charge in [0.05, 0.1) is 6.61 Å². The predicted molar refractivity (Wildman–Crippen MR) is 128 cm³/mol. The zero-order chi connectivity index (χ0) is 23.0. The second-order valence-corrected chi connectivity index (χ2v) is 9.14. The summed E-state index contributed by atoms with van der Waals surface area (Å²) in [4.78, 5) is 18.0. The van der Waals surface area contributed by atoms with Crippen LogP contribution in [0.1, 0.15) is 31.4 Å². The van der Waals surface area contributed by atoms with Gasteiger partial charge in [0.15, 0.2) is 5.54 Å². The van der Waals surface area contributed by atoms with Crippen LogP contribution in [-0.2, 0) is 16.0 Å². The molecule has 8 heteroatoms. The minimum absolute atomic E-state index is 0.0945. The summed E-state index contributed by atoms with van der Waals surface area (Å²) in [5.41, 5.74) is 6.52. The van der Waals surface area contributed by atoms with Crippen molar-refractivity contribution in [3.8, 4) is 5.75 Å². The van der Waals surface area contributed by atoms with E-state index in [0.717, 1.165) is 15.6 Å². The number of aliphatic hydroxyl groups excluding tert-OH is 1. The molecule has 1 aliphatic rings. The van der Waals surface area contributed by atoms with Crippen molar-refractivity contribution < 1.29 is 19.4 Å². The molecule has 0 saturated carbocycles. The van der Waals surface area contributed by atoms with Crippen LogP contribution in [0.3, 0.4) is 0 Å². The summed E-state index contributed by atoms with van der Waals surface area (Å²) in [6.45, 7) is 5.51. The molecule has 1 heterocycles. The molecule has 0 unspecified atom stereocenters. The van der Waals surface area contributed by atoms with E-state index in [1.165, 1.54) is 0 Å². The molecule has 1 amide bonds. The van der Waals surface area contributed by atoms with Crippen molar-refractivity contribution in [2.24, 2.45) is 10.9 Å². The van der Waals surface area contributed by atoms with E-state index in [9.17, 15) is 4.79 Å². The SMILES string of the molecule is CC(C)CNNC(=O)[C@]1(Cc2ccc(Br)cc2)COC(c2ccc(OCCCO)cc2)=N1. The number of amides is 1. The van der Waals surface area contributed by atoms with E-state index in [0.29, 0.717) is 43.6 Å². The summed E-state index contributed by atoms with van der Waals surface area (Å²) >= 11 is 3.45. The number of aliphatic hydroxyl groups is 1. The van der Waals surface area contributed by atoms with Crippen LogP contribution in [-0.4, -0.2) is 48.8 Å². The normalized spacial score (nSPS) is 17.7. The van der Waals surface area contributed by atoms with E-state index in [-0.39, 0.29) is 19.1 Å². The third-order valence-corrected chi connectivity index (χ3v) is 5.51. The topological polar surface area (TPSA) is 92.2 Å². The van der Waals surface area contributed by atoms with Crippen LogP contribution < -0.4 is 15.6 Å². The van der Waals surface area contributed by atoms with Crippen molar-refractivity contribution in [3.63, 3.8) is 0 Å². The number of carbonyl (C=O) groups excluding carboxylic acids is 1. The summed E-state index contributed by atoms with van der Waals surface area (Å²) in [5, 5.41) is 8.87. The summed E-state index contributed by atoms with van der Waals surface area (Å²) in [7, 11) is 0. The molecule has 0 fully saturated rings. The fourth-order valence-corrected chi connectivity index (χ4v) is 3.49. The molecule has 0 radical (unpaired) electrons. The number of nitrogens with zero attached hydrogens (tertiary/aromatic N) is 1. The Bertz CT molecular complexity index is 916. The van der Waals surface area contributed by atoms with E-state index < -0.39 is 5.54 Å². The molecule has 0 saturated heterocycles. The van der Waals surface area contributed by atoms with Crippen LogP contribution in [0.4, 0.5) is 0 Å². The van der Waals surface area contributed by atoms with Crippen molar-refractivity contribution >= 4 is 27.7 Å². The van der Waals surface area contributed by atoms with Crippen LogP contribution in [0.15, 0.2) is 58.0 Å². The lowest BCUT2D eigenvalue weighted by Gasteiger charge is -2.23. The van der Waals surface area contributed by atoms with Gasteiger partial charge in [-0.3, -0.25) is 10.2 Å². The van der Waals surface area contributed by atoms with E-state index in [4.69, 9.17) is 19.6 Å². The number of aliphatic imine (C=N–C) groups is 1. The maximum Gasteiger partial charge on any atom is 0.266 e. The Morgan fingerprint density at radius 1 is 1.22 bits per heavy atom. The second-order valence-electron chi connectivity index (χ2n) is 8.22. The molecule has 0 spiro atoms. The number of hydrogen-bond donors (Lipinski definition) is 3. The Morgan fingerprint density at radius 3 is 2.59 bits per heavy atom. The smallest absolute Gasteiger partial charge is 0.266 e. The van der Waals surface area contributed by atoms with Gasteiger partial charge in [-0.2, -0.15) is 0 Å². The van der Waals surface area contributed by atoms with Crippen molar-refractivity contribution in [1.29, 1.82) is 0 Å². The Hall–Kier alpha value is -2.42. The fraction of sp³-hybridized carbons (Fsp3) is 0.417. The van der Waals surface area contributed by atoms with Crippen molar-refractivity contribution in [2.45, 2.75) is 32.2 Å². The molecule has 172 valence electrons. The summed E-state index contributed by atoms with van der Waals surface area (Å²) in [6.07, 6.45) is 0.997. The Labute approximate surface area is 197 Å². The number of benzene rings is 2. The van der Waals surface area contributed by atoms with Crippen molar-refractivity contribution in [2.75, 3.05) is 26.4 Å². The van der Waals surface area contributed by atoms with Gasteiger partial charge in [0, 0.05) is 36.0 Å². The number of carbonyl (C=O) groups is 1. The molecule has 0 aromatic heterocycles. The molecule has 1 aliphatic heterocycles. The molecule has 32 heavy (non-hydrogen) atoms. The Kier molecular flexibility index (Phi) is 8.67. The summed E-state index contributed by atoms with van der Waals surface area (Å²) < 4.78 is 12.5. The Morgan fingerprint density at radius 2 is 1.94 bits per heavy atom. The predicted octanol–water partition coefficient (Wildman–Crippen LogP) is 3.25. The standard InChI is InChI=1S/C24H30BrN3O4/c1-17(2)15-26-28-23(30)24(14-18-4-8-20(25)9-5-18)16-32-22(27-24)19-6-10-21(11-7-19)31-13-3-12-29/h4-11,17,26,29H,3,12-16H2,1-2H3,(H,28,30)/t24-/m0/s1. The maximum absolute atomic E-state index is 13.2. The molecule has 7 nitrogen and oxygen atoms in total. The highest BCUT2D eigenvalue weighted by Crippen LogP contribution is 2.28. The highest BCUT2D eigenvalue weighted by molar-refractivity contribution is 9.10. The van der Waals surface area contributed by atoms with E-state index in [2.05, 4.69) is 40.6 Å². The van der Waals surface area contributed by atoms with Gasteiger partial charge < -0.3 is 14.6 Å². The fourth-order valence-electron chi connectivity index (χ4n) is 3.22. The number of halogens is 1. The number of nitrogens with one attached hydrogen (secondary N) is 2. The quantitative estimate of drug-likeness (QED) is 0.323. The van der Waals surface area contributed by atoms with E-state index in [1.807, 2.05) is 48.5 Å². The van der Waals surface area contributed by atoms with Crippen LogP contribution in [0.5, 0.6) is 5.75 Å². The molecule has 2 aromatic rings. The monoisotopic (exact) mass is 503 g/mol. The van der Waals surface area contributed by atoms with Gasteiger partial charge in [-0.25, -0.2) is 10.4 Å². The first-order valence-electron chi connectivity index (χ1n) is 10.8. The third kappa shape index (κ3) is 6.54. The average molecular weight is 504 g/mol. The van der Waals surface area contributed by atoms with Crippen LogP contribution in [0, 0.1) is 5.92 Å². The van der Waals surface area contributed by atoms with Crippen molar-refractivity contribution in [3.05, 3.63) is 64.1 Å².